The third-order valence-electron chi connectivity index (χ3n) is 5.24. The van der Waals surface area contributed by atoms with Crippen LogP contribution in [0.1, 0.15) is 17.3 Å². The van der Waals surface area contributed by atoms with Gasteiger partial charge in [0.1, 0.15) is 5.01 Å². The molecule has 1 aromatic heterocycles. The number of anilines is 1. The van der Waals surface area contributed by atoms with E-state index in [9.17, 15) is 18.0 Å². The first-order valence-electron chi connectivity index (χ1n) is 10.0. The summed E-state index contributed by atoms with van der Waals surface area (Å²) in [4.78, 5) is 30.1. The minimum Gasteiger partial charge on any atom is -0.340 e. The Hall–Kier alpha value is -3.08. The van der Waals surface area contributed by atoms with Gasteiger partial charge in [-0.05, 0) is 36.4 Å². The number of nitrogens with zero attached hydrogens (tertiary/aromatic N) is 3. The molecule has 0 saturated carbocycles. The Morgan fingerprint density at radius 3 is 2.38 bits per heavy atom. The van der Waals surface area contributed by atoms with E-state index in [1.54, 1.807) is 17.2 Å². The highest BCUT2D eigenvalue weighted by atomic mass is 32.2. The van der Waals surface area contributed by atoms with E-state index in [0.717, 1.165) is 10.6 Å². The summed E-state index contributed by atoms with van der Waals surface area (Å²) in [6, 6.07) is 13.3. The third-order valence-corrected chi connectivity index (χ3v) is 7.97. The zero-order valence-electron chi connectivity index (χ0n) is 17.4. The van der Waals surface area contributed by atoms with Crippen molar-refractivity contribution in [1.82, 2.24) is 14.2 Å². The maximum absolute atomic E-state index is 12.9. The van der Waals surface area contributed by atoms with Crippen molar-refractivity contribution in [1.29, 1.82) is 0 Å². The van der Waals surface area contributed by atoms with Gasteiger partial charge in [-0.3, -0.25) is 9.59 Å². The van der Waals surface area contributed by atoms with Gasteiger partial charge in [0, 0.05) is 61.5 Å². The molecule has 2 heterocycles. The monoisotopic (exact) mass is 470 g/mol. The Kier molecular flexibility index (Phi) is 6.35. The van der Waals surface area contributed by atoms with Crippen molar-refractivity contribution in [3.63, 3.8) is 0 Å². The smallest absolute Gasteiger partial charge is 0.255 e. The van der Waals surface area contributed by atoms with E-state index in [-0.39, 0.29) is 29.8 Å². The van der Waals surface area contributed by atoms with Crippen LogP contribution in [-0.2, 0) is 14.8 Å². The number of aromatic nitrogens is 1. The van der Waals surface area contributed by atoms with Gasteiger partial charge in [0.05, 0.1) is 4.90 Å². The van der Waals surface area contributed by atoms with Crippen LogP contribution in [0.3, 0.4) is 0 Å². The fourth-order valence-electron chi connectivity index (χ4n) is 3.47. The molecule has 1 aliphatic rings. The zero-order chi connectivity index (χ0) is 22.7. The average Bonchev–Trinajstić information content (AvgIpc) is 3.34. The fourth-order valence-corrected chi connectivity index (χ4v) is 5.53. The number of sulfonamides is 1. The molecule has 4 rings (SSSR count). The van der Waals surface area contributed by atoms with Crippen molar-refractivity contribution in [2.75, 3.05) is 31.5 Å². The normalized spacial score (nSPS) is 14.8. The molecular formula is C22H22N4O4S2. The van der Waals surface area contributed by atoms with Crippen LogP contribution in [0.2, 0.25) is 0 Å². The fraction of sp³-hybridized carbons (Fsp3) is 0.227. The summed E-state index contributed by atoms with van der Waals surface area (Å²) in [5.41, 5.74) is 1.89. The topological polar surface area (TPSA) is 99.7 Å². The number of thiazole rings is 1. The number of carbonyl (C=O) groups excluding carboxylic acids is 2. The highest BCUT2D eigenvalue weighted by molar-refractivity contribution is 7.89. The van der Waals surface area contributed by atoms with Crippen LogP contribution in [0.25, 0.3) is 10.6 Å². The standard InChI is InChI=1S/C22H22N4O4S2/c1-16(27)25-10-12-26(13-11-25)32(29,30)20-7-5-17(6-8-20)21(28)24-19-4-2-3-18(15-19)22-23-9-14-31-22/h2-9,14-15H,10-13H2,1H3,(H,24,28). The summed E-state index contributed by atoms with van der Waals surface area (Å²) in [5, 5.41) is 5.59. The molecule has 8 nitrogen and oxygen atoms in total. The molecule has 2 amide bonds. The van der Waals surface area contributed by atoms with Gasteiger partial charge in [0.15, 0.2) is 0 Å². The Balaban J connectivity index is 1.44. The summed E-state index contributed by atoms with van der Waals surface area (Å²) in [7, 11) is -3.69. The quantitative estimate of drug-likeness (QED) is 0.618. The van der Waals surface area contributed by atoms with E-state index in [4.69, 9.17) is 0 Å². The predicted molar refractivity (Wildman–Crippen MR) is 123 cm³/mol. The molecule has 0 spiro atoms. The largest absolute Gasteiger partial charge is 0.340 e. The van der Waals surface area contributed by atoms with Crippen molar-refractivity contribution in [3.8, 4) is 10.6 Å². The molecule has 1 aliphatic heterocycles. The minimum absolute atomic E-state index is 0.0606. The number of hydrogen-bond donors (Lipinski definition) is 1. The third kappa shape index (κ3) is 4.72. The first-order valence-corrected chi connectivity index (χ1v) is 12.3. The van der Waals surface area contributed by atoms with E-state index in [2.05, 4.69) is 10.3 Å². The molecule has 0 unspecified atom stereocenters. The predicted octanol–water partition coefficient (Wildman–Crippen LogP) is 2.92. The first kappa shape index (κ1) is 22.1. The summed E-state index contributed by atoms with van der Waals surface area (Å²) in [5.74, 6) is -0.394. The van der Waals surface area contributed by atoms with Crippen LogP contribution in [0, 0.1) is 0 Å². The molecule has 166 valence electrons. The molecule has 1 N–H and O–H groups in total. The molecule has 2 aromatic carbocycles. The number of benzene rings is 2. The zero-order valence-corrected chi connectivity index (χ0v) is 19.0. The Morgan fingerprint density at radius 1 is 1.03 bits per heavy atom. The van der Waals surface area contributed by atoms with Gasteiger partial charge < -0.3 is 10.2 Å². The second-order valence-electron chi connectivity index (χ2n) is 7.31. The highest BCUT2D eigenvalue weighted by Crippen LogP contribution is 2.25. The Bertz CT molecular complexity index is 1220. The molecule has 1 saturated heterocycles. The highest BCUT2D eigenvalue weighted by Gasteiger charge is 2.29. The molecule has 10 heteroatoms. The lowest BCUT2D eigenvalue weighted by atomic mass is 10.2. The number of amides is 2. The lowest BCUT2D eigenvalue weighted by Crippen LogP contribution is -2.49. The Morgan fingerprint density at radius 2 is 1.75 bits per heavy atom. The molecule has 32 heavy (non-hydrogen) atoms. The van der Waals surface area contributed by atoms with Crippen molar-refractivity contribution in [2.24, 2.45) is 0 Å². The molecule has 1 fully saturated rings. The van der Waals surface area contributed by atoms with Crippen LogP contribution >= 0.6 is 11.3 Å². The SMILES string of the molecule is CC(=O)N1CCN(S(=O)(=O)c2ccc(C(=O)Nc3cccc(-c4nccs4)c3)cc2)CC1. The Labute approximate surface area is 190 Å². The molecule has 0 atom stereocenters. The molecule has 3 aromatic rings. The minimum atomic E-state index is -3.69. The van der Waals surface area contributed by atoms with Crippen molar-refractivity contribution in [3.05, 3.63) is 65.7 Å². The van der Waals surface area contributed by atoms with Gasteiger partial charge in [0.2, 0.25) is 15.9 Å². The molecule has 0 radical (unpaired) electrons. The van der Waals surface area contributed by atoms with Gasteiger partial charge in [-0.15, -0.1) is 11.3 Å². The van der Waals surface area contributed by atoms with Gasteiger partial charge >= 0.3 is 0 Å². The van der Waals surface area contributed by atoms with E-state index >= 15 is 0 Å². The van der Waals surface area contributed by atoms with Gasteiger partial charge in [0.25, 0.3) is 5.91 Å². The van der Waals surface area contributed by atoms with Crippen LogP contribution in [0.5, 0.6) is 0 Å². The summed E-state index contributed by atoms with van der Waals surface area (Å²) in [6.45, 7) is 2.71. The van der Waals surface area contributed by atoms with Gasteiger partial charge in [-0.1, -0.05) is 12.1 Å². The lowest BCUT2D eigenvalue weighted by molar-refractivity contribution is -0.129. The van der Waals surface area contributed by atoms with E-state index < -0.39 is 10.0 Å². The first-order chi connectivity index (χ1) is 15.3. The maximum Gasteiger partial charge on any atom is 0.255 e. The molecule has 0 aliphatic carbocycles. The molecule has 0 bridgehead atoms. The van der Waals surface area contributed by atoms with Gasteiger partial charge in [-0.2, -0.15) is 4.31 Å². The van der Waals surface area contributed by atoms with Crippen molar-refractivity contribution < 1.29 is 18.0 Å². The van der Waals surface area contributed by atoms with Crippen LogP contribution in [0.15, 0.2) is 65.0 Å². The van der Waals surface area contributed by atoms with Crippen LogP contribution in [-0.4, -0.2) is 60.6 Å². The number of hydrogen-bond acceptors (Lipinski definition) is 6. The summed E-state index contributed by atoms with van der Waals surface area (Å²) < 4.78 is 27.2. The second-order valence-corrected chi connectivity index (χ2v) is 10.1. The van der Waals surface area contributed by atoms with E-state index in [1.807, 2.05) is 23.6 Å². The molecular weight excluding hydrogens is 448 g/mol. The average molecular weight is 471 g/mol. The van der Waals surface area contributed by atoms with E-state index in [1.165, 1.54) is 46.8 Å². The number of piperazine rings is 1. The lowest BCUT2D eigenvalue weighted by Gasteiger charge is -2.33. The van der Waals surface area contributed by atoms with Gasteiger partial charge in [-0.25, -0.2) is 13.4 Å². The maximum atomic E-state index is 12.9. The number of nitrogens with one attached hydrogen (secondary N) is 1. The van der Waals surface area contributed by atoms with Crippen molar-refractivity contribution >= 4 is 38.9 Å². The van der Waals surface area contributed by atoms with Crippen molar-refractivity contribution in [2.45, 2.75) is 11.8 Å². The second kappa shape index (κ2) is 9.19. The number of carbonyl (C=O) groups is 2. The van der Waals surface area contributed by atoms with Crippen LogP contribution in [0.4, 0.5) is 5.69 Å². The van der Waals surface area contributed by atoms with E-state index in [0.29, 0.717) is 24.3 Å². The number of rotatable bonds is 5. The summed E-state index contributed by atoms with van der Waals surface area (Å²) >= 11 is 1.51. The summed E-state index contributed by atoms with van der Waals surface area (Å²) in [6.07, 6.45) is 1.73. The van der Waals surface area contributed by atoms with Crippen LogP contribution < -0.4 is 5.32 Å².